The van der Waals surface area contributed by atoms with Crippen molar-refractivity contribution in [2.75, 3.05) is 13.6 Å². The predicted molar refractivity (Wildman–Crippen MR) is 82.3 cm³/mol. The number of carboxylic acid groups (broad SMARTS) is 1. The van der Waals surface area contributed by atoms with E-state index in [2.05, 4.69) is 5.10 Å². The molecule has 0 aliphatic carbocycles. The Morgan fingerprint density at radius 3 is 2.36 bits per heavy atom. The molecule has 0 aliphatic rings. The third kappa shape index (κ3) is 3.52. The van der Waals surface area contributed by atoms with E-state index in [-0.39, 0.29) is 18.9 Å². The molecule has 1 heterocycles. The van der Waals surface area contributed by atoms with Crippen LogP contribution >= 0.6 is 0 Å². The molecule has 6 heteroatoms. The fraction of sp³-hybridized carbons (Fsp3) is 0.312. The van der Waals surface area contributed by atoms with Gasteiger partial charge in [-0.05, 0) is 44.2 Å². The van der Waals surface area contributed by atoms with Crippen LogP contribution in [0.2, 0.25) is 0 Å². The van der Waals surface area contributed by atoms with Crippen molar-refractivity contribution >= 4 is 11.9 Å². The lowest BCUT2D eigenvalue weighted by Crippen LogP contribution is -2.29. The molecule has 1 aromatic heterocycles. The summed E-state index contributed by atoms with van der Waals surface area (Å²) in [6.45, 7) is 4.09. The number of nitrogens with zero attached hydrogens (tertiary/aromatic N) is 3. The van der Waals surface area contributed by atoms with Crippen molar-refractivity contribution in [3.63, 3.8) is 0 Å². The van der Waals surface area contributed by atoms with Crippen molar-refractivity contribution in [2.45, 2.75) is 20.3 Å². The predicted octanol–water partition coefficient (Wildman–Crippen LogP) is 2.04. The average Bonchev–Trinajstić information content (AvgIpc) is 2.83. The van der Waals surface area contributed by atoms with E-state index in [4.69, 9.17) is 5.11 Å². The molecular formula is C16H19N3O3. The maximum atomic E-state index is 12.2. The van der Waals surface area contributed by atoms with Gasteiger partial charge in [0.25, 0.3) is 5.91 Å². The van der Waals surface area contributed by atoms with Crippen LogP contribution in [-0.4, -0.2) is 45.3 Å². The van der Waals surface area contributed by atoms with Crippen LogP contribution in [0.4, 0.5) is 0 Å². The van der Waals surface area contributed by atoms with Crippen LogP contribution in [0.3, 0.4) is 0 Å². The number of carbonyl (C=O) groups is 2. The second kappa shape index (κ2) is 6.43. The Balaban J connectivity index is 2.13. The zero-order chi connectivity index (χ0) is 16.3. The minimum absolute atomic E-state index is 0.0634. The highest BCUT2D eigenvalue weighted by Gasteiger charge is 2.13. The van der Waals surface area contributed by atoms with Crippen molar-refractivity contribution < 1.29 is 14.7 Å². The monoisotopic (exact) mass is 301 g/mol. The van der Waals surface area contributed by atoms with Gasteiger partial charge in [-0.2, -0.15) is 5.10 Å². The van der Waals surface area contributed by atoms with Crippen molar-refractivity contribution in [3.05, 3.63) is 47.3 Å². The molecule has 2 aromatic rings. The largest absolute Gasteiger partial charge is 0.481 e. The smallest absolute Gasteiger partial charge is 0.305 e. The molecule has 0 saturated carbocycles. The van der Waals surface area contributed by atoms with E-state index in [0.29, 0.717) is 5.56 Å². The lowest BCUT2D eigenvalue weighted by Gasteiger charge is -2.16. The number of carboxylic acids is 1. The zero-order valence-corrected chi connectivity index (χ0v) is 12.9. The molecule has 2 rings (SSSR count). The van der Waals surface area contributed by atoms with E-state index in [1.165, 1.54) is 4.90 Å². The molecule has 0 spiro atoms. The molecule has 0 aliphatic heterocycles. The SMILES string of the molecule is Cc1cc(C)n(-c2ccc(C(=O)N(C)CCC(=O)O)cc2)n1. The van der Waals surface area contributed by atoms with Crippen LogP contribution in [0.15, 0.2) is 30.3 Å². The summed E-state index contributed by atoms with van der Waals surface area (Å²) in [5.41, 5.74) is 3.37. The number of aromatic nitrogens is 2. The Bertz CT molecular complexity index is 689. The number of amides is 1. The minimum atomic E-state index is -0.917. The molecule has 1 aromatic carbocycles. The molecule has 1 amide bonds. The fourth-order valence-electron chi connectivity index (χ4n) is 2.22. The number of hydrogen-bond acceptors (Lipinski definition) is 3. The molecule has 116 valence electrons. The summed E-state index contributed by atoms with van der Waals surface area (Å²) in [6.07, 6.45) is -0.0634. The lowest BCUT2D eigenvalue weighted by atomic mass is 10.2. The van der Waals surface area contributed by atoms with Gasteiger partial charge in [0, 0.05) is 24.8 Å². The third-order valence-electron chi connectivity index (χ3n) is 3.38. The summed E-state index contributed by atoms with van der Waals surface area (Å²) in [5.74, 6) is -1.11. The highest BCUT2D eigenvalue weighted by atomic mass is 16.4. The zero-order valence-electron chi connectivity index (χ0n) is 12.9. The number of aliphatic carboxylic acids is 1. The molecule has 0 radical (unpaired) electrons. The highest BCUT2D eigenvalue weighted by molar-refractivity contribution is 5.94. The van der Waals surface area contributed by atoms with Crippen LogP contribution in [-0.2, 0) is 4.79 Å². The lowest BCUT2D eigenvalue weighted by molar-refractivity contribution is -0.137. The number of rotatable bonds is 5. The van der Waals surface area contributed by atoms with Crippen molar-refractivity contribution in [2.24, 2.45) is 0 Å². The molecule has 0 fully saturated rings. The Kier molecular flexibility index (Phi) is 4.60. The molecule has 1 N–H and O–H groups in total. The summed E-state index contributed by atoms with van der Waals surface area (Å²) in [4.78, 5) is 24.1. The van der Waals surface area contributed by atoms with Gasteiger partial charge in [0.15, 0.2) is 0 Å². The fourth-order valence-corrected chi connectivity index (χ4v) is 2.22. The molecule has 0 saturated heterocycles. The maximum absolute atomic E-state index is 12.2. The summed E-state index contributed by atoms with van der Waals surface area (Å²) < 4.78 is 1.82. The van der Waals surface area contributed by atoms with Gasteiger partial charge in [0.2, 0.25) is 0 Å². The molecular weight excluding hydrogens is 282 g/mol. The summed E-state index contributed by atoms with van der Waals surface area (Å²) in [7, 11) is 1.60. The summed E-state index contributed by atoms with van der Waals surface area (Å²) >= 11 is 0. The highest BCUT2D eigenvalue weighted by Crippen LogP contribution is 2.14. The Morgan fingerprint density at radius 2 is 1.86 bits per heavy atom. The van der Waals surface area contributed by atoms with Crippen LogP contribution < -0.4 is 0 Å². The molecule has 0 bridgehead atoms. The Hall–Kier alpha value is -2.63. The van der Waals surface area contributed by atoms with E-state index >= 15 is 0 Å². The quantitative estimate of drug-likeness (QED) is 0.917. The van der Waals surface area contributed by atoms with Crippen molar-refractivity contribution in [3.8, 4) is 5.69 Å². The molecule has 0 atom stereocenters. The first-order valence-corrected chi connectivity index (χ1v) is 6.99. The number of carbonyl (C=O) groups excluding carboxylic acids is 1. The molecule has 22 heavy (non-hydrogen) atoms. The van der Waals surface area contributed by atoms with Crippen LogP contribution in [0.25, 0.3) is 5.69 Å². The average molecular weight is 301 g/mol. The first kappa shape index (κ1) is 15.8. The second-order valence-corrected chi connectivity index (χ2v) is 5.26. The van der Waals surface area contributed by atoms with Gasteiger partial charge in [0.1, 0.15) is 0 Å². The van der Waals surface area contributed by atoms with E-state index in [9.17, 15) is 9.59 Å². The summed E-state index contributed by atoms with van der Waals surface area (Å²) in [5, 5.41) is 13.1. The Labute approximate surface area is 129 Å². The van der Waals surface area contributed by atoms with Crippen molar-refractivity contribution in [1.82, 2.24) is 14.7 Å². The normalized spacial score (nSPS) is 10.5. The van der Waals surface area contributed by atoms with Crippen molar-refractivity contribution in [1.29, 1.82) is 0 Å². The van der Waals surface area contributed by atoms with Gasteiger partial charge in [-0.15, -0.1) is 0 Å². The van der Waals surface area contributed by atoms with Gasteiger partial charge in [-0.3, -0.25) is 9.59 Å². The van der Waals surface area contributed by atoms with E-state index < -0.39 is 5.97 Å². The number of benzene rings is 1. The van der Waals surface area contributed by atoms with E-state index in [0.717, 1.165) is 17.1 Å². The molecule has 6 nitrogen and oxygen atoms in total. The third-order valence-corrected chi connectivity index (χ3v) is 3.38. The first-order valence-electron chi connectivity index (χ1n) is 6.99. The number of aryl methyl sites for hydroxylation is 2. The van der Waals surface area contributed by atoms with Crippen LogP contribution in [0, 0.1) is 13.8 Å². The molecule has 0 unspecified atom stereocenters. The van der Waals surface area contributed by atoms with Gasteiger partial charge in [0.05, 0.1) is 17.8 Å². The van der Waals surface area contributed by atoms with Crippen LogP contribution in [0.5, 0.6) is 0 Å². The summed E-state index contributed by atoms with van der Waals surface area (Å²) in [6, 6.07) is 9.10. The topological polar surface area (TPSA) is 75.4 Å². The second-order valence-electron chi connectivity index (χ2n) is 5.26. The van der Waals surface area contributed by atoms with E-state index in [1.807, 2.05) is 36.7 Å². The van der Waals surface area contributed by atoms with Gasteiger partial charge in [-0.25, -0.2) is 4.68 Å². The maximum Gasteiger partial charge on any atom is 0.305 e. The number of hydrogen-bond donors (Lipinski definition) is 1. The van der Waals surface area contributed by atoms with Crippen LogP contribution in [0.1, 0.15) is 28.2 Å². The van der Waals surface area contributed by atoms with E-state index in [1.54, 1.807) is 19.2 Å². The standard InChI is InChI=1S/C16H19N3O3/c1-11-10-12(2)19(17-11)14-6-4-13(5-7-14)16(22)18(3)9-8-15(20)21/h4-7,10H,8-9H2,1-3H3,(H,20,21). The Morgan fingerprint density at radius 1 is 1.23 bits per heavy atom. The first-order chi connectivity index (χ1) is 10.4. The minimum Gasteiger partial charge on any atom is -0.481 e. The van der Waals surface area contributed by atoms with Gasteiger partial charge >= 0.3 is 5.97 Å². The van der Waals surface area contributed by atoms with Gasteiger partial charge in [-0.1, -0.05) is 0 Å². The van der Waals surface area contributed by atoms with Gasteiger partial charge < -0.3 is 10.0 Å².